The minimum atomic E-state index is -1.01. The molecule has 0 rings (SSSR count). The molecule has 0 aliphatic rings. The van der Waals surface area contributed by atoms with Crippen LogP contribution < -0.4 is 0 Å². The monoisotopic (exact) mass is 181 g/mol. The first-order valence-electron chi connectivity index (χ1n) is 3.20. The quantitative estimate of drug-likeness (QED) is 0.412. The van der Waals surface area contributed by atoms with E-state index in [1.807, 2.05) is 0 Å². The molecular formula is C8H14KO2. The summed E-state index contributed by atoms with van der Waals surface area (Å²) in [5.74, 6) is 5.03. The average Bonchev–Trinajstić information content (AvgIpc) is 1.57. The molecule has 0 aromatic carbocycles. The maximum absolute atomic E-state index is 9.10. The third kappa shape index (κ3) is 14.0. The predicted molar refractivity (Wildman–Crippen MR) is 46.1 cm³/mol. The van der Waals surface area contributed by atoms with Gasteiger partial charge in [-0.2, -0.15) is 0 Å². The predicted octanol–water partition coefficient (Wildman–Crippen LogP) is 0.151. The van der Waals surface area contributed by atoms with E-state index < -0.39 is 11.2 Å². The van der Waals surface area contributed by atoms with E-state index in [0.717, 1.165) is 0 Å². The van der Waals surface area contributed by atoms with E-state index >= 15 is 0 Å². The van der Waals surface area contributed by atoms with Crippen LogP contribution in [0.25, 0.3) is 0 Å². The van der Waals surface area contributed by atoms with E-state index in [1.54, 1.807) is 27.7 Å². The molecule has 0 saturated heterocycles. The number of hydrogen-bond acceptors (Lipinski definition) is 2. The molecule has 0 aliphatic carbocycles. The Morgan fingerprint density at radius 1 is 0.818 bits per heavy atom. The first kappa shape index (κ1) is 14.6. The third-order valence-corrected chi connectivity index (χ3v) is 0.674. The molecule has 0 bridgehead atoms. The molecule has 2 nitrogen and oxygen atoms in total. The summed E-state index contributed by atoms with van der Waals surface area (Å²) >= 11 is 0. The van der Waals surface area contributed by atoms with Crippen LogP contribution >= 0.6 is 0 Å². The number of rotatable bonds is 0. The van der Waals surface area contributed by atoms with Crippen molar-refractivity contribution in [2.24, 2.45) is 0 Å². The van der Waals surface area contributed by atoms with Crippen LogP contribution in [0, 0.1) is 11.8 Å². The summed E-state index contributed by atoms with van der Waals surface area (Å²) in [4.78, 5) is 0. The molecular weight excluding hydrogens is 167 g/mol. The Balaban J connectivity index is 0. The van der Waals surface area contributed by atoms with Crippen LogP contribution in [-0.4, -0.2) is 72.8 Å². The molecule has 0 unspecified atom stereocenters. The van der Waals surface area contributed by atoms with Crippen LogP contribution in [0.4, 0.5) is 0 Å². The first-order chi connectivity index (χ1) is 4.21. The molecule has 0 aliphatic heterocycles. The summed E-state index contributed by atoms with van der Waals surface area (Å²) in [6.45, 7) is 6.30. The van der Waals surface area contributed by atoms with Gasteiger partial charge < -0.3 is 10.2 Å². The van der Waals surface area contributed by atoms with Gasteiger partial charge in [-0.15, -0.1) is 0 Å². The zero-order valence-electron chi connectivity index (χ0n) is 7.89. The van der Waals surface area contributed by atoms with E-state index in [9.17, 15) is 0 Å². The van der Waals surface area contributed by atoms with Crippen LogP contribution in [-0.2, 0) is 0 Å². The van der Waals surface area contributed by atoms with E-state index in [-0.39, 0.29) is 51.4 Å². The zero-order chi connectivity index (χ0) is 8.41. The Labute approximate surface area is 111 Å². The van der Waals surface area contributed by atoms with Gasteiger partial charge in [0.2, 0.25) is 0 Å². The molecule has 0 spiro atoms. The van der Waals surface area contributed by atoms with Crippen molar-refractivity contribution in [1.82, 2.24) is 0 Å². The summed E-state index contributed by atoms with van der Waals surface area (Å²) < 4.78 is 0. The summed E-state index contributed by atoms with van der Waals surface area (Å²) in [5.41, 5.74) is -2.03. The fourth-order valence-corrected chi connectivity index (χ4v) is 0.306. The van der Waals surface area contributed by atoms with Gasteiger partial charge in [0.05, 0.1) is 0 Å². The Bertz CT molecular complexity index is 145. The Morgan fingerprint density at radius 3 is 1.09 bits per heavy atom. The van der Waals surface area contributed by atoms with Gasteiger partial charge in [-0.05, 0) is 27.7 Å². The molecule has 0 atom stereocenters. The van der Waals surface area contributed by atoms with Crippen molar-refractivity contribution in [3.8, 4) is 11.8 Å². The van der Waals surface area contributed by atoms with Gasteiger partial charge >= 0.3 is 0 Å². The van der Waals surface area contributed by atoms with Gasteiger partial charge in [0.1, 0.15) is 11.2 Å². The second-order valence-corrected chi connectivity index (χ2v) is 3.37. The SMILES string of the molecule is CC(C)(O)C#CC(C)(C)O.[K]. The topological polar surface area (TPSA) is 40.5 Å². The number of aliphatic hydroxyl groups is 2. The van der Waals surface area contributed by atoms with Gasteiger partial charge in [0.25, 0.3) is 0 Å². The Kier molecular flexibility index (Phi) is 6.62. The molecule has 0 aromatic heterocycles. The maximum atomic E-state index is 9.10. The van der Waals surface area contributed by atoms with Gasteiger partial charge in [0.15, 0.2) is 0 Å². The molecule has 0 aromatic rings. The molecule has 0 heterocycles. The van der Waals surface area contributed by atoms with Crippen molar-refractivity contribution in [3.63, 3.8) is 0 Å². The summed E-state index contributed by atoms with van der Waals surface area (Å²) in [5, 5.41) is 18.2. The van der Waals surface area contributed by atoms with Crippen molar-refractivity contribution in [3.05, 3.63) is 0 Å². The molecule has 1 radical (unpaired) electrons. The van der Waals surface area contributed by atoms with Crippen LogP contribution in [0.1, 0.15) is 27.7 Å². The smallest absolute Gasteiger partial charge is 0.120 e. The van der Waals surface area contributed by atoms with Crippen LogP contribution in [0.3, 0.4) is 0 Å². The van der Waals surface area contributed by atoms with E-state index in [2.05, 4.69) is 11.8 Å². The standard InChI is InChI=1S/C8H14O2.K/c1-7(2,9)5-6-8(3,4)10;/h9-10H,1-4H3;. The maximum Gasteiger partial charge on any atom is 0.120 e. The van der Waals surface area contributed by atoms with Gasteiger partial charge in [0, 0.05) is 51.4 Å². The molecule has 0 saturated carbocycles. The first-order valence-corrected chi connectivity index (χ1v) is 3.20. The fraction of sp³-hybridized carbons (Fsp3) is 0.750. The number of hydrogen-bond donors (Lipinski definition) is 2. The van der Waals surface area contributed by atoms with E-state index in [0.29, 0.717) is 0 Å². The largest absolute Gasteiger partial charge is 0.378 e. The van der Waals surface area contributed by atoms with Gasteiger partial charge in [-0.25, -0.2) is 0 Å². The summed E-state index contributed by atoms with van der Waals surface area (Å²) in [7, 11) is 0. The van der Waals surface area contributed by atoms with Crippen molar-refractivity contribution in [2.45, 2.75) is 38.9 Å². The summed E-state index contributed by atoms with van der Waals surface area (Å²) in [6.07, 6.45) is 0. The third-order valence-electron chi connectivity index (χ3n) is 0.674. The van der Waals surface area contributed by atoms with E-state index in [4.69, 9.17) is 10.2 Å². The zero-order valence-corrected chi connectivity index (χ0v) is 11.0. The average molecular weight is 181 g/mol. The van der Waals surface area contributed by atoms with Crippen molar-refractivity contribution >= 4 is 51.4 Å². The van der Waals surface area contributed by atoms with Crippen LogP contribution in [0.5, 0.6) is 0 Å². The normalized spacial score (nSPS) is 11.1. The van der Waals surface area contributed by atoms with Crippen molar-refractivity contribution < 1.29 is 10.2 Å². The molecule has 2 N–H and O–H groups in total. The van der Waals surface area contributed by atoms with E-state index in [1.165, 1.54) is 0 Å². The molecule has 11 heavy (non-hydrogen) atoms. The van der Waals surface area contributed by atoms with Crippen molar-refractivity contribution in [2.75, 3.05) is 0 Å². The molecule has 3 heteroatoms. The molecule has 59 valence electrons. The van der Waals surface area contributed by atoms with Crippen LogP contribution in [0.2, 0.25) is 0 Å². The van der Waals surface area contributed by atoms with Crippen molar-refractivity contribution in [1.29, 1.82) is 0 Å². The second kappa shape index (κ2) is 4.98. The van der Waals surface area contributed by atoms with Gasteiger partial charge in [-0.1, -0.05) is 11.8 Å². The fourth-order valence-electron chi connectivity index (χ4n) is 0.306. The minimum Gasteiger partial charge on any atom is -0.378 e. The van der Waals surface area contributed by atoms with Gasteiger partial charge in [-0.3, -0.25) is 0 Å². The second-order valence-electron chi connectivity index (χ2n) is 3.37. The summed E-state index contributed by atoms with van der Waals surface area (Å²) in [6, 6.07) is 0. The van der Waals surface area contributed by atoms with Crippen LogP contribution in [0.15, 0.2) is 0 Å². The Morgan fingerprint density at radius 2 is 1.00 bits per heavy atom. The molecule has 0 fully saturated rings. The Hall–Kier alpha value is 1.12. The minimum absolute atomic E-state index is 0. The molecule has 0 amide bonds.